The summed E-state index contributed by atoms with van der Waals surface area (Å²) < 4.78 is 26.8. The predicted octanol–water partition coefficient (Wildman–Crippen LogP) is -0.104. The number of carbonyl (C=O) groups excluding carboxylic acids is 1. The second-order valence-corrected chi connectivity index (χ2v) is 8.90. The summed E-state index contributed by atoms with van der Waals surface area (Å²) in [5, 5.41) is 3.43. The summed E-state index contributed by atoms with van der Waals surface area (Å²) in [4.78, 5) is 13.5. The van der Waals surface area contributed by atoms with Crippen LogP contribution in [0.5, 0.6) is 0 Å². The van der Waals surface area contributed by atoms with Crippen LogP contribution in [0, 0.1) is 0 Å². The van der Waals surface area contributed by atoms with Gasteiger partial charge in [-0.3, -0.25) is 4.79 Å². The highest BCUT2D eigenvalue weighted by molar-refractivity contribution is 7.89. The summed E-state index contributed by atoms with van der Waals surface area (Å²) in [5.74, 6) is 0.0682. The van der Waals surface area contributed by atoms with Gasteiger partial charge in [0, 0.05) is 11.1 Å². The van der Waals surface area contributed by atoms with Gasteiger partial charge in [0.1, 0.15) is 0 Å². The highest BCUT2D eigenvalue weighted by atomic mass is 35.5. The Morgan fingerprint density at radius 1 is 1.33 bits per heavy atom. The van der Waals surface area contributed by atoms with E-state index < -0.39 is 10.0 Å². The number of carbonyl (C=O) groups is 1. The van der Waals surface area contributed by atoms with Gasteiger partial charge in [0.15, 0.2) is 6.04 Å². The molecule has 1 atom stereocenters. The largest absolute Gasteiger partial charge is 0.348 e. The number of rotatable bonds is 5. The molecule has 1 saturated heterocycles. The average Bonchev–Trinajstić information content (AvgIpc) is 3.38. The molecule has 0 unspecified atom stereocenters. The van der Waals surface area contributed by atoms with Crippen molar-refractivity contribution in [3.8, 4) is 0 Å². The summed E-state index contributed by atoms with van der Waals surface area (Å²) in [6, 6.07) is 6.53. The molecule has 6 nitrogen and oxygen atoms in total. The maximum absolute atomic E-state index is 12.7. The van der Waals surface area contributed by atoms with Crippen LogP contribution < -0.4 is 10.2 Å². The third-order valence-corrected chi connectivity index (χ3v) is 6.86. The average molecular weight is 373 g/mol. The monoisotopic (exact) mass is 372 g/mol. The molecule has 24 heavy (non-hydrogen) atoms. The van der Waals surface area contributed by atoms with E-state index in [0.717, 1.165) is 17.7 Å². The van der Waals surface area contributed by atoms with Crippen molar-refractivity contribution < 1.29 is 18.1 Å². The summed E-state index contributed by atoms with van der Waals surface area (Å²) in [5.41, 5.74) is 0. The standard InChI is InChI=1S/C16H22ClN3O3S/c1-12(16(21)18-14-5-6-14)19-7-9-20(10-8-19)24(22,23)15-4-2-3-13(17)11-15/h2-4,11-12,14H,5-10H2,1H3,(H,18,21)/p+1/t12-/m0/s1. The zero-order valence-electron chi connectivity index (χ0n) is 13.7. The van der Waals surface area contributed by atoms with Gasteiger partial charge in [-0.25, -0.2) is 8.42 Å². The second kappa shape index (κ2) is 7.00. The van der Waals surface area contributed by atoms with Crippen LogP contribution in [0.4, 0.5) is 0 Å². The molecule has 132 valence electrons. The quantitative estimate of drug-likeness (QED) is 0.758. The molecule has 1 heterocycles. The predicted molar refractivity (Wildman–Crippen MR) is 91.5 cm³/mol. The zero-order chi connectivity index (χ0) is 17.3. The number of piperazine rings is 1. The molecule has 8 heteroatoms. The Kier molecular flexibility index (Phi) is 5.15. The Balaban J connectivity index is 1.60. The Morgan fingerprint density at radius 2 is 2.00 bits per heavy atom. The van der Waals surface area contributed by atoms with Crippen molar-refractivity contribution in [2.45, 2.75) is 36.7 Å². The minimum absolute atomic E-state index is 0.0682. The summed E-state index contributed by atoms with van der Waals surface area (Å²) in [6.07, 6.45) is 2.14. The number of halogens is 1. The Morgan fingerprint density at radius 3 is 2.58 bits per heavy atom. The van der Waals surface area contributed by atoms with Crippen molar-refractivity contribution in [1.82, 2.24) is 9.62 Å². The van der Waals surface area contributed by atoms with Gasteiger partial charge in [0.05, 0.1) is 31.1 Å². The van der Waals surface area contributed by atoms with E-state index >= 15 is 0 Å². The van der Waals surface area contributed by atoms with Crippen LogP contribution in [0.25, 0.3) is 0 Å². The van der Waals surface area contributed by atoms with E-state index in [1.165, 1.54) is 10.4 Å². The molecule has 1 aromatic rings. The van der Waals surface area contributed by atoms with E-state index in [1.54, 1.807) is 18.2 Å². The first kappa shape index (κ1) is 17.7. The van der Waals surface area contributed by atoms with Crippen LogP contribution in [-0.4, -0.2) is 56.9 Å². The van der Waals surface area contributed by atoms with Crippen LogP contribution in [0.2, 0.25) is 5.02 Å². The lowest BCUT2D eigenvalue weighted by Crippen LogP contribution is -3.19. The number of quaternary nitrogens is 1. The van der Waals surface area contributed by atoms with Crippen molar-refractivity contribution in [3.63, 3.8) is 0 Å². The van der Waals surface area contributed by atoms with Gasteiger partial charge >= 0.3 is 0 Å². The molecular weight excluding hydrogens is 350 g/mol. The number of amides is 1. The van der Waals surface area contributed by atoms with E-state index in [9.17, 15) is 13.2 Å². The summed E-state index contributed by atoms with van der Waals surface area (Å²) in [6.45, 7) is 3.97. The molecule has 2 aliphatic rings. The van der Waals surface area contributed by atoms with Crippen LogP contribution >= 0.6 is 11.6 Å². The van der Waals surface area contributed by atoms with Crippen LogP contribution in [0.1, 0.15) is 19.8 Å². The first-order valence-corrected chi connectivity index (χ1v) is 10.1. The van der Waals surface area contributed by atoms with E-state index in [1.807, 2.05) is 6.92 Å². The minimum Gasteiger partial charge on any atom is -0.348 e. The van der Waals surface area contributed by atoms with E-state index in [2.05, 4.69) is 5.32 Å². The van der Waals surface area contributed by atoms with Crippen LogP contribution in [-0.2, 0) is 14.8 Å². The number of hydrogen-bond acceptors (Lipinski definition) is 3. The third kappa shape index (κ3) is 3.91. The maximum atomic E-state index is 12.7. The first-order chi connectivity index (χ1) is 11.4. The molecule has 1 aliphatic carbocycles. The second-order valence-electron chi connectivity index (χ2n) is 6.52. The molecule has 0 spiro atoms. The van der Waals surface area contributed by atoms with E-state index in [-0.39, 0.29) is 16.8 Å². The molecular formula is C16H23ClN3O3S+. The number of sulfonamides is 1. The zero-order valence-corrected chi connectivity index (χ0v) is 15.2. The molecule has 1 saturated carbocycles. The Labute approximate surface area is 147 Å². The van der Waals surface area contributed by atoms with Crippen molar-refractivity contribution in [2.24, 2.45) is 0 Å². The molecule has 1 aliphatic heterocycles. The fraction of sp³-hybridized carbons (Fsp3) is 0.562. The van der Waals surface area contributed by atoms with Gasteiger partial charge in [-0.2, -0.15) is 4.31 Å². The van der Waals surface area contributed by atoms with Crippen LogP contribution in [0.3, 0.4) is 0 Å². The molecule has 1 amide bonds. The number of hydrogen-bond donors (Lipinski definition) is 2. The number of nitrogens with one attached hydrogen (secondary N) is 2. The third-order valence-electron chi connectivity index (χ3n) is 4.73. The lowest BCUT2D eigenvalue weighted by Gasteiger charge is -2.34. The number of benzene rings is 1. The molecule has 0 radical (unpaired) electrons. The van der Waals surface area contributed by atoms with Crippen molar-refractivity contribution in [1.29, 1.82) is 0 Å². The summed E-state index contributed by atoms with van der Waals surface area (Å²) in [7, 11) is -3.53. The normalized spacial score (nSPS) is 21.4. The van der Waals surface area contributed by atoms with Gasteiger partial charge in [-0.15, -0.1) is 0 Å². The highest BCUT2D eigenvalue weighted by Crippen LogP contribution is 2.20. The van der Waals surface area contributed by atoms with Gasteiger partial charge < -0.3 is 10.2 Å². The molecule has 3 rings (SSSR count). The fourth-order valence-corrected chi connectivity index (χ4v) is 4.71. The molecule has 2 fully saturated rings. The van der Waals surface area contributed by atoms with Crippen molar-refractivity contribution >= 4 is 27.5 Å². The Hall–Kier alpha value is -1.15. The Bertz CT molecular complexity index is 713. The first-order valence-electron chi connectivity index (χ1n) is 8.28. The number of nitrogens with zero attached hydrogens (tertiary/aromatic N) is 1. The molecule has 2 N–H and O–H groups in total. The topological polar surface area (TPSA) is 70.9 Å². The fourth-order valence-electron chi connectivity index (χ4n) is 2.96. The van der Waals surface area contributed by atoms with Crippen molar-refractivity contribution in [2.75, 3.05) is 26.2 Å². The van der Waals surface area contributed by atoms with Gasteiger partial charge in [-0.1, -0.05) is 17.7 Å². The molecule has 0 bridgehead atoms. The highest BCUT2D eigenvalue weighted by Gasteiger charge is 2.35. The summed E-state index contributed by atoms with van der Waals surface area (Å²) >= 11 is 5.90. The maximum Gasteiger partial charge on any atom is 0.278 e. The van der Waals surface area contributed by atoms with Gasteiger partial charge in [0.25, 0.3) is 5.91 Å². The smallest absolute Gasteiger partial charge is 0.278 e. The van der Waals surface area contributed by atoms with Crippen LogP contribution in [0.15, 0.2) is 29.2 Å². The lowest BCUT2D eigenvalue weighted by molar-refractivity contribution is -0.917. The van der Waals surface area contributed by atoms with Crippen molar-refractivity contribution in [3.05, 3.63) is 29.3 Å². The molecule has 1 aromatic carbocycles. The van der Waals surface area contributed by atoms with E-state index in [0.29, 0.717) is 37.2 Å². The lowest BCUT2D eigenvalue weighted by atomic mass is 10.2. The van der Waals surface area contributed by atoms with Gasteiger partial charge in [0.2, 0.25) is 10.0 Å². The minimum atomic E-state index is -3.53. The van der Waals surface area contributed by atoms with Gasteiger partial charge in [-0.05, 0) is 38.0 Å². The molecule has 0 aromatic heterocycles. The van der Waals surface area contributed by atoms with E-state index in [4.69, 9.17) is 11.6 Å². The SMILES string of the molecule is C[C@@H](C(=O)NC1CC1)[NH+]1CCN(S(=O)(=O)c2cccc(Cl)c2)CC1.